The van der Waals surface area contributed by atoms with Gasteiger partial charge in [-0.3, -0.25) is 9.52 Å². The number of hydrogen-bond donors (Lipinski definition) is 2. The molecule has 3 aromatic rings. The van der Waals surface area contributed by atoms with Crippen molar-refractivity contribution in [2.24, 2.45) is 0 Å². The van der Waals surface area contributed by atoms with Crippen molar-refractivity contribution in [1.29, 1.82) is 0 Å². The molecule has 9 nitrogen and oxygen atoms in total. The summed E-state index contributed by atoms with van der Waals surface area (Å²) in [5.41, 5.74) is 2.20. The van der Waals surface area contributed by atoms with Crippen LogP contribution >= 0.6 is 0 Å². The number of hydrogen-bond acceptors (Lipinski definition) is 6. The van der Waals surface area contributed by atoms with E-state index in [0.717, 1.165) is 5.56 Å². The lowest BCUT2D eigenvalue weighted by molar-refractivity contribution is -0.123. The molecule has 2 aromatic carbocycles. The van der Waals surface area contributed by atoms with Gasteiger partial charge in [-0.2, -0.15) is 5.10 Å². The van der Waals surface area contributed by atoms with E-state index in [1.807, 2.05) is 20.8 Å². The van der Waals surface area contributed by atoms with Crippen molar-refractivity contribution in [3.8, 4) is 0 Å². The Kier molecular flexibility index (Phi) is 7.64. The average Bonchev–Trinajstić information content (AvgIpc) is 3.21. The number of anilines is 2. The molecule has 1 aromatic heterocycles. The summed E-state index contributed by atoms with van der Waals surface area (Å²) in [6.07, 6.45) is 0.427. The Labute approximate surface area is 205 Å². The second-order valence-corrected chi connectivity index (χ2v) is 10.3. The summed E-state index contributed by atoms with van der Waals surface area (Å²) in [6, 6.07) is 11.3. The molecule has 0 aliphatic carbocycles. The minimum absolute atomic E-state index is 0.00892. The Morgan fingerprint density at radius 2 is 1.63 bits per heavy atom. The molecule has 0 aliphatic heterocycles. The predicted molar refractivity (Wildman–Crippen MR) is 134 cm³/mol. The van der Waals surface area contributed by atoms with Crippen LogP contribution in [-0.2, 0) is 19.6 Å². The van der Waals surface area contributed by atoms with E-state index in [2.05, 4.69) is 15.1 Å². The van der Waals surface area contributed by atoms with Gasteiger partial charge in [0, 0.05) is 12.1 Å². The number of nitrogens with zero attached hydrogens (tertiary/aromatic N) is 2. The number of carbonyl (C=O) groups excluding carboxylic acids is 2. The maximum atomic E-state index is 13.2. The first-order valence-electron chi connectivity index (χ1n) is 11.2. The zero-order valence-corrected chi connectivity index (χ0v) is 21.4. The number of aryl methyl sites for hydroxylation is 3. The number of esters is 1. The lowest BCUT2D eigenvalue weighted by Gasteiger charge is -2.18. The second kappa shape index (κ2) is 10.3. The third kappa shape index (κ3) is 5.89. The Morgan fingerprint density at radius 1 is 1.00 bits per heavy atom. The standard InChI is InChI=1S/C25H30N4O5S/c1-15(2)29-22(11-12-26-29)27-24(30)19(6)34-25(31)20-9-7-8-10-21(20)28-35(32,33)23-17(4)13-16(3)14-18(23)5/h7-15,19,28H,1-6H3,(H,27,30). The van der Waals surface area contributed by atoms with Gasteiger partial charge in [-0.1, -0.05) is 29.8 Å². The van der Waals surface area contributed by atoms with Gasteiger partial charge in [0.1, 0.15) is 5.82 Å². The van der Waals surface area contributed by atoms with Crippen molar-refractivity contribution in [1.82, 2.24) is 9.78 Å². The number of sulfonamides is 1. The van der Waals surface area contributed by atoms with Crippen molar-refractivity contribution in [3.05, 3.63) is 70.9 Å². The molecule has 0 aliphatic rings. The molecule has 2 N–H and O–H groups in total. The number of para-hydroxylation sites is 1. The van der Waals surface area contributed by atoms with Gasteiger partial charge in [0.05, 0.1) is 22.3 Å². The molecule has 0 bridgehead atoms. The predicted octanol–water partition coefficient (Wildman–Crippen LogP) is 4.37. The van der Waals surface area contributed by atoms with Crippen molar-refractivity contribution in [3.63, 3.8) is 0 Å². The van der Waals surface area contributed by atoms with Crippen molar-refractivity contribution < 1.29 is 22.7 Å². The Bertz CT molecular complexity index is 1340. The highest BCUT2D eigenvalue weighted by Gasteiger charge is 2.25. The highest BCUT2D eigenvalue weighted by atomic mass is 32.2. The monoisotopic (exact) mass is 498 g/mol. The molecule has 0 saturated carbocycles. The van der Waals surface area contributed by atoms with Crippen LogP contribution in [0.2, 0.25) is 0 Å². The van der Waals surface area contributed by atoms with Crippen LogP contribution < -0.4 is 10.0 Å². The maximum absolute atomic E-state index is 13.2. The third-order valence-electron chi connectivity index (χ3n) is 5.33. The van der Waals surface area contributed by atoms with Crippen molar-refractivity contribution in [2.75, 3.05) is 10.0 Å². The van der Waals surface area contributed by atoms with Gasteiger partial charge >= 0.3 is 5.97 Å². The van der Waals surface area contributed by atoms with E-state index >= 15 is 0 Å². The minimum Gasteiger partial charge on any atom is -0.449 e. The number of rotatable bonds is 8. The molecule has 3 rings (SSSR count). The molecule has 1 atom stereocenters. The normalized spacial score (nSPS) is 12.3. The largest absolute Gasteiger partial charge is 0.449 e. The van der Waals surface area contributed by atoms with Gasteiger partial charge in [-0.15, -0.1) is 0 Å². The fraction of sp³-hybridized carbons (Fsp3) is 0.320. The summed E-state index contributed by atoms with van der Waals surface area (Å²) < 4.78 is 35.9. The first-order chi connectivity index (χ1) is 16.4. The van der Waals surface area contributed by atoms with Crippen LogP contribution in [0.3, 0.4) is 0 Å². The fourth-order valence-corrected chi connectivity index (χ4v) is 5.40. The van der Waals surface area contributed by atoms with E-state index in [1.165, 1.54) is 19.1 Å². The number of ether oxygens (including phenoxy) is 1. The highest BCUT2D eigenvalue weighted by Crippen LogP contribution is 2.26. The smallest absolute Gasteiger partial charge is 0.341 e. The SMILES string of the molecule is Cc1cc(C)c(S(=O)(=O)Nc2ccccc2C(=O)OC(C)C(=O)Nc2ccnn2C(C)C)c(C)c1. The molecule has 35 heavy (non-hydrogen) atoms. The molecule has 0 fully saturated rings. The quantitative estimate of drug-likeness (QED) is 0.445. The number of benzene rings is 2. The molecule has 10 heteroatoms. The van der Waals surface area contributed by atoms with Crippen LogP contribution in [0.5, 0.6) is 0 Å². The van der Waals surface area contributed by atoms with Crippen LogP contribution in [0.4, 0.5) is 11.5 Å². The zero-order valence-electron chi connectivity index (χ0n) is 20.6. The average molecular weight is 499 g/mol. The van der Waals surface area contributed by atoms with Gasteiger partial charge in [-0.25, -0.2) is 17.9 Å². The molecule has 186 valence electrons. The van der Waals surface area contributed by atoms with E-state index < -0.39 is 28.0 Å². The van der Waals surface area contributed by atoms with Crippen LogP contribution in [0.25, 0.3) is 0 Å². The number of carbonyl (C=O) groups is 2. The van der Waals surface area contributed by atoms with E-state index in [9.17, 15) is 18.0 Å². The Hall–Kier alpha value is -3.66. The van der Waals surface area contributed by atoms with E-state index in [0.29, 0.717) is 16.9 Å². The molecule has 1 heterocycles. The molecular formula is C25H30N4O5S. The Morgan fingerprint density at radius 3 is 2.26 bits per heavy atom. The third-order valence-corrected chi connectivity index (χ3v) is 7.00. The number of amides is 1. The summed E-state index contributed by atoms with van der Waals surface area (Å²) in [5, 5.41) is 6.85. The summed E-state index contributed by atoms with van der Waals surface area (Å²) in [6.45, 7) is 10.6. The zero-order chi connectivity index (χ0) is 25.9. The van der Waals surface area contributed by atoms with Crippen LogP contribution in [0, 0.1) is 20.8 Å². The Balaban J connectivity index is 1.79. The van der Waals surface area contributed by atoms with Crippen LogP contribution in [0.15, 0.2) is 53.6 Å². The van der Waals surface area contributed by atoms with E-state index in [-0.39, 0.29) is 22.2 Å². The molecule has 0 spiro atoms. The van der Waals surface area contributed by atoms with E-state index in [1.54, 1.807) is 55.1 Å². The topological polar surface area (TPSA) is 119 Å². The first-order valence-corrected chi connectivity index (χ1v) is 12.6. The lowest BCUT2D eigenvalue weighted by atomic mass is 10.1. The molecule has 0 radical (unpaired) electrons. The van der Waals surface area contributed by atoms with Crippen molar-refractivity contribution >= 4 is 33.4 Å². The molecular weight excluding hydrogens is 468 g/mol. The second-order valence-electron chi connectivity index (χ2n) is 8.67. The van der Waals surface area contributed by atoms with Crippen molar-refractivity contribution in [2.45, 2.75) is 58.6 Å². The highest BCUT2D eigenvalue weighted by molar-refractivity contribution is 7.92. The summed E-state index contributed by atoms with van der Waals surface area (Å²) in [5.74, 6) is -0.893. The number of aromatic nitrogens is 2. The summed E-state index contributed by atoms with van der Waals surface area (Å²) >= 11 is 0. The first kappa shape index (κ1) is 26.0. The number of nitrogens with one attached hydrogen (secondary N) is 2. The molecule has 0 saturated heterocycles. The fourth-order valence-electron chi connectivity index (χ4n) is 3.87. The van der Waals surface area contributed by atoms with Crippen LogP contribution in [0.1, 0.15) is 53.9 Å². The summed E-state index contributed by atoms with van der Waals surface area (Å²) in [4.78, 5) is 25.7. The van der Waals surface area contributed by atoms with Crippen LogP contribution in [-0.4, -0.2) is 36.2 Å². The van der Waals surface area contributed by atoms with E-state index in [4.69, 9.17) is 4.74 Å². The molecule has 1 unspecified atom stereocenters. The van der Waals surface area contributed by atoms with Gasteiger partial charge in [0.25, 0.3) is 15.9 Å². The maximum Gasteiger partial charge on any atom is 0.341 e. The minimum atomic E-state index is -3.99. The van der Waals surface area contributed by atoms with Gasteiger partial charge < -0.3 is 10.1 Å². The van der Waals surface area contributed by atoms with Gasteiger partial charge in [0.15, 0.2) is 6.10 Å². The summed E-state index contributed by atoms with van der Waals surface area (Å²) in [7, 11) is -3.99. The van der Waals surface area contributed by atoms with Gasteiger partial charge in [0.2, 0.25) is 0 Å². The van der Waals surface area contributed by atoms with Gasteiger partial charge in [-0.05, 0) is 64.8 Å². The molecule has 1 amide bonds. The lowest BCUT2D eigenvalue weighted by Crippen LogP contribution is -2.31.